The number of nitrogens with zero attached hydrogens (tertiary/aromatic N) is 4. The zero-order chi connectivity index (χ0) is 22.3. The number of fused-ring (bicyclic) bond motifs is 1. The van der Waals surface area contributed by atoms with Gasteiger partial charge in [0, 0.05) is 30.3 Å². The lowest BCUT2D eigenvalue weighted by Crippen LogP contribution is -2.42. The van der Waals surface area contributed by atoms with E-state index < -0.39 is 0 Å². The van der Waals surface area contributed by atoms with Gasteiger partial charge in [-0.15, -0.1) is 0 Å². The lowest BCUT2D eigenvalue weighted by molar-refractivity contribution is -0.136. The number of rotatable bonds is 4. The van der Waals surface area contributed by atoms with E-state index in [1.54, 1.807) is 0 Å². The maximum absolute atomic E-state index is 13.0. The Morgan fingerprint density at radius 3 is 2.55 bits per heavy atom. The van der Waals surface area contributed by atoms with Crippen molar-refractivity contribution in [1.29, 1.82) is 0 Å². The van der Waals surface area contributed by atoms with Gasteiger partial charge in [0.25, 0.3) is 0 Å². The minimum absolute atomic E-state index is 0.0693. The van der Waals surface area contributed by atoms with Crippen LogP contribution in [0.5, 0.6) is 0 Å². The largest absolute Gasteiger partial charge is 0.361 e. The molecule has 0 spiro atoms. The number of aryl methyl sites for hydroxylation is 3. The highest BCUT2D eigenvalue weighted by molar-refractivity contribution is 5.78. The molecule has 4 rings (SSSR count). The lowest BCUT2D eigenvalue weighted by atomic mass is 9.71. The Labute approximate surface area is 186 Å². The van der Waals surface area contributed by atoms with E-state index in [1.165, 1.54) is 17.7 Å². The van der Waals surface area contributed by atoms with Gasteiger partial charge in [-0.05, 0) is 63.4 Å². The molecule has 3 heterocycles. The molecule has 2 unspecified atom stereocenters. The van der Waals surface area contributed by atoms with Crippen LogP contribution in [-0.4, -0.2) is 38.8 Å². The molecular formula is C25H38N4O2. The molecule has 2 aromatic heterocycles. The van der Waals surface area contributed by atoms with Crippen molar-refractivity contribution in [2.24, 2.45) is 17.3 Å². The smallest absolute Gasteiger partial charge is 0.227 e. The van der Waals surface area contributed by atoms with Crippen LogP contribution in [0.1, 0.15) is 81.3 Å². The minimum atomic E-state index is -0.0693. The first kappa shape index (κ1) is 22.1. The molecule has 0 N–H and O–H groups in total. The molecule has 2 aliphatic rings. The average molecular weight is 427 g/mol. The molecule has 1 aliphatic carbocycles. The maximum atomic E-state index is 13.0. The Bertz CT molecular complexity index is 928. The molecule has 2 aromatic rings. The van der Waals surface area contributed by atoms with Crippen molar-refractivity contribution in [2.45, 2.75) is 86.1 Å². The molecule has 1 saturated heterocycles. The molecule has 0 radical (unpaired) electrons. The van der Waals surface area contributed by atoms with Crippen LogP contribution in [0.2, 0.25) is 0 Å². The van der Waals surface area contributed by atoms with Crippen molar-refractivity contribution in [3.8, 4) is 0 Å². The number of carbonyl (C=O) groups is 1. The molecule has 1 amide bonds. The van der Waals surface area contributed by atoms with Gasteiger partial charge in [0.15, 0.2) is 0 Å². The Morgan fingerprint density at radius 2 is 1.94 bits per heavy atom. The van der Waals surface area contributed by atoms with Gasteiger partial charge in [-0.1, -0.05) is 32.9 Å². The van der Waals surface area contributed by atoms with E-state index in [2.05, 4.69) is 37.1 Å². The zero-order valence-electron chi connectivity index (χ0n) is 20.1. The van der Waals surface area contributed by atoms with Gasteiger partial charge in [0.1, 0.15) is 5.76 Å². The van der Waals surface area contributed by atoms with E-state index in [1.807, 2.05) is 30.4 Å². The van der Waals surface area contributed by atoms with Crippen LogP contribution >= 0.6 is 0 Å². The predicted molar refractivity (Wildman–Crippen MR) is 121 cm³/mol. The molecule has 1 aliphatic heterocycles. The molecule has 6 nitrogen and oxygen atoms in total. The lowest BCUT2D eigenvalue weighted by Gasteiger charge is -2.35. The fraction of sp³-hybridized carbons (Fsp3) is 0.720. The summed E-state index contributed by atoms with van der Waals surface area (Å²) in [6.45, 7) is 15.3. The Balaban J connectivity index is 1.37. The van der Waals surface area contributed by atoms with Crippen molar-refractivity contribution in [3.63, 3.8) is 0 Å². The molecule has 0 saturated carbocycles. The van der Waals surface area contributed by atoms with Crippen molar-refractivity contribution < 1.29 is 9.32 Å². The fourth-order valence-electron chi connectivity index (χ4n) is 5.36. The number of carbonyl (C=O) groups excluding carboxylic acids is 1. The second-order valence-corrected chi connectivity index (χ2v) is 10.9. The maximum Gasteiger partial charge on any atom is 0.227 e. The number of hydrogen-bond donors (Lipinski definition) is 0. The molecule has 170 valence electrons. The first-order chi connectivity index (χ1) is 14.6. The molecular weight excluding hydrogens is 388 g/mol. The van der Waals surface area contributed by atoms with E-state index in [0.29, 0.717) is 23.8 Å². The first-order valence-electron chi connectivity index (χ1n) is 11.9. The second-order valence-electron chi connectivity index (χ2n) is 10.9. The number of aromatic nitrogens is 3. The van der Waals surface area contributed by atoms with E-state index in [0.717, 1.165) is 55.9 Å². The summed E-state index contributed by atoms with van der Waals surface area (Å²) in [6.07, 6.45) is 5.22. The normalized spacial score (nSPS) is 21.2. The van der Waals surface area contributed by atoms with Crippen molar-refractivity contribution in [2.75, 3.05) is 13.1 Å². The fourth-order valence-corrected chi connectivity index (χ4v) is 5.36. The average Bonchev–Trinajstić information content (AvgIpc) is 3.28. The van der Waals surface area contributed by atoms with Crippen molar-refractivity contribution in [1.82, 2.24) is 19.8 Å². The monoisotopic (exact) mass is 426 g/mol. The number of piperidine rings is 1. The van der Waals surface area contributed by atoms with Gasteiger partial charge in [-0.3, -0.25) is 9.48 Å². The molecule has 0 bridgehead atoms. The number of hydrogen-bond acceptors (Lipinski definition) is 4. The summed E-state index contributed by atoms with van der Waals surface area (Å²) in [4.78, 5) is 15.1. The summed E-state index contributed by atoms with van der Waals surface area (Å²) < 4.78 is 7.85. The van der Waals surface area contributed by atoms with Crippen LogP contribution < -0.4 is 0 Å². The minimum Gasteiger partial charge on any atom is -0.361 e. The van der Waals surface area contributed by atoms with Crippen LogP contribution in [0.25, 0.3) is 0 Å². The predicted octanol–water partition coefficient (Wildman–Crippen LogP) is 4.68. The SMILES string of the molecule is Cc1cc(C)n(CC(C)C(=O)N2CCC(c3onc4c3CC(C(C)(C)C)CC4)CC2)n1. The summed E-state index contributed by atoms with van der Waals surface area (Å²) in [6, 6.07) is 2.06. The molecule has 0 aromatic carbocycles. The van der Waals surface area contributed by atoms with Crippen molar-refractivity contribution in [3.05, 3.63) is 34.5 Å². The van der Waals surface area contributed by atoms with E-state index in [-0.39, 0.29) is 11.8 Å². The summed E-state index contributed by atoms with van der Waals surface area (Å²) >= 11 is 0. The summed E-state index contributed by atoms with van der Waals surface area (Å²) in [5.74, 6) is 2.32. The Hall–Kier alpha value is -2.11. The second kappa shape index (κ2) is 8.44. The van der Waals surface area contributed by atoms with E-state index in [4.69, 9.17) is 4.52 Å². The Kier molecular flexibility index (Phi) is 6.01. The van der Waals surface area contributed by atoms with Crippen LogP contribution in [-0.2, 0) is 24.2 Å². The molecule has 31 heavy (non-hydrogen) atoms. The van der Waals surface area contributed by atoms with E-state index in [9.17, 15) is 4.79 Å². The zero-order valence-corrected chi connectivity index (χ0v) is 20.1. The third kappa shape index (κ3) is 4.58. The molecule has 2 atom stereocenters. The highest BCUT2D eigenvalue weighted by Crippen LogP contribution is 2.41. The molecule has 1 fully saturated rings. The van der Waals surface area contributed by atoms with Gasteiger partial charge in [0.05, 0.1) is 23.9 Å². The van der Waals surface area contributed by atoms with Crippen LogP contribution in [0.15, 0.2) is 10.6 Å². The molecule has 6 heteroatoms. The highest BCUT2D eigenvalue weighted by Gasteiger charge is 2.36. The van der Waals surface area contributed by atoms with Crippen LogP contribution in [0, 0.1) is 31.1 Å². The highest BCUT2D eigenvalue weighted by atomic mass is 16.5. The van der Waals surface area contributed by atoms with Gasteiger partial charge in [-0.25, -0.2) is 0 Å². The third-order valence-corrected chi connectivity index (χ3v) is 7.45. The van der Waals surface area contributed by atoms with Crippen LogP contribution in [0.4, 0.5) is 0 Å². The number of likely N-dealkylation sites (tertiary alicyclic amines) is 1. The third-order valence-electron chi connectivity index (χ3n) is 7.45. The first-order valence-corrected chi connectivity index (χ1v) is 11.9. The van der Waals surface area contributed by atoms with Crippen molar-refractivity contribution >= 4 is 5.91 Å². The quantitative estimate of drug-likeness (QED) is 0.712. The van der Waals surface area contributed by atoms with Gasteiger partial charge >= 0.3 is 0 Å². The van der Waals surface area contributed by atoms with E-state index >= 15 is 0 Å². The van der Waals surface area contributed by atoms with Crippen LogP contribution in [0.3, 0.4) is 0 Å². The summed E-state index contributed by atoms with van der Waals surface area (Å²) in [5.41, 5.74) is 4.96. The summed E-state index contributed by atoms with van der Waals surface area (Å²) in [7, 11) is 0. The summed E-state index contributed by atoms with van der Waals surface area (Å²) in [5, 5.41) is 8.94. The number of amides is 1. The van der Waals surface area contributed by atoms with Gasteiger partial charge in [0.2, 0.25) is 5.91 Å². The van der Waals surface area contributed by atoms with Gasteiger partial charge in [-0.2, -0.15) is 5.10 Å². The Morgan fingerprint density at radius 1 is 1.23 bits per heavy atom. The topological polar surface area (TPSA) is 64.2 Å². The van der Waals surface area contributed by atoms with Gasteiger partial charge < -0.3 is 9.42 Å². The standard InChI is InChI=1S/C25H38N4O2/c1-16(15-29-18(3)13-17(2)26-29)24(30)28-11-9-19(10-12-28)23-21-14-20(25(4,5)6)7-8-22(21)27-31-23/h13,16,19-20H,7-12,14-15H2,1-6H3.